The van der Waals surface area contributed by atoms with E-state index in [9.17, 15) is 5.11 Å². The molecule has 0 aliphatic heterocycles. The van der Waals surface area contributed by atoms with E-state index in [4.69, 9.17) is 0 Å². The molecule has 5 heteroatoms. The maximum atomic E-state index is 10.2. The SMILES string of the molecule is CCCn1ncnc1CC(C)(O)CNCC. The van der Waals surface area contributed by atoms with E-state index >= 15 is 0 Å². The van der Waals surface area contributed by atoms with E-state index in [1.165, 1.54) is 0 Å². The number of aryl methyl sites for hydroxylation is 1. The van der Waals surface area contributed by atoms with E-state index in [0.29, 0.717) is 13.0 Å². The fraction of sp³-hybridized carbons (Fsp3) is 0.818. The maximum absolute atomic E-state index is 10.2. The molecule has 16 heavy (non-hydrogen) atoms. The van der Waals surface area contributed by atoms with Gasteiger partial charge in [0.25, 0.3) is 0 Å². The van der Waals surface area contributed by atoms with Gasteiger partial charge in [-0.15, -0.1) is 0 Å². The van der Waals surface area contributed by atoms with Gasteiger partial charge in [0.15, 0.2) is 0 Å². The van der Waals surface area contributed by atoms with Crippen LogP contribution in [0.1, 0.15) is 33.0 Å². The van der Waals surface area contributed by atoms with E-state index in [-0.39, 0.29) is 0 Å². The summed E-state index contributed by atoms with van der Waals surface area (Å²) in [6, 6.07) is 0. The van der Waals surface area contributed by atoms with Crippen molar-refractivity contribution in [3.63, 3.8) is 0 Å². The van der Waals surface area contributed by atoms with Crippen LogP contribution >= 0.6 is 0 Å². The maximum Gasteiger partial charge on any atom is 0.138 e. The summed E-state index contributed by atoms with van der Waals surface area (Å²) in [4.78, 5) is 4.19. The molecule has 0 spiro atoms. The Hall–Kier alpha value is -0.940. The number of nitrogens with one attached hydrogen (secondary N) is 1. The first-order valence-corrected chi connectivity index (χ1v) is 5.89. The molecule has 0 saturated heterocycles. The summed E-state index contributed by atoms with van der Waals surface area (Å²) in [5.41, 5.74) is -0.769. The lowest BCUT2D eigenvalue weighted by molar-refractivity contribution is 0.0575. The molecule has 0 aliphatic carbocycles. The van der Waals surface area contributed by atoms with Crippen LogP contribution in [0.2, 0.25) is 0 Å². The Morgan fingerprint density at radius 3 is 2.88 bits per heavy atom. The predicted molar refractivity (Wildman–Crippen MR) is 63.2 cm³/mol. The average molecular weight is 226 g/mol. The highest BCUT2D eigenvalue weighted by Gasteiger charge is 2.23. The van der Waals surface area contributed by atoms with Crippen LogP contribution in [0.4, 0.5) is 0 Å². The molecule has 1 heterocycles. The van der Waals surface area contributed by atoms with E-state index in [0.717, 1.165) is 25.3 Å². The molecule has 1 rings (SSSR count). The molecule has 92 valence electrons. The lowest BCUT2D eigenvalue weighted by atomic mass is 10.0. The third kappa shape index (κ3) is 3.90. The molecular formula is C11H22N4O. The summed E-state index contributed by atoms with van der Waals surface area (Å²) in [7, 11) is 0. The van der Waals surface area contributed by atoms with Crippen LogP contribution in [-0.4, -0.2) is 38.6 Å². The zero-order valence-corrected chi connectivity index (χ0v) is 10.4. The minimum atomic E-state index is -0.769. The number of aliphatic hydroxyl groups is 1. The second-order valence-corrected chi connectivity index (χ2v) is 4.35. The lowest BCUT2D eigenvalue weighted by Gasteiger charge is -2.23. The van der Waals surface area contributed by atoms with Crippen LogP contribution in [0.25, 0.3) is 0 Å². The summed E-state index contributed by atoms with van der Waals surface area (Å²) in [5.74, 6) is 0.852. The highest BCUT2D eigenvalue weighted by Crippen LogP contribution is 2.10. The summed E-state index contributed by atoms with van der Waals surface area (Å²) < 4.78 is 1.86. The fourth-order valence-electron chi connectivity index (χ4n) is 1.62. The second kappa shape index (κ2) is 5.96. The second-order valence-electron chi connectivity index (χ2n) is 4.35. The standard InChI is InChI=1S/C11H22N4O/c1-4-6-15-10(13-9-14-15)7-11(3,16)8-12-5-2/h9,12,16H,4-8H2,1-3H3. The highest BCUT2D eigenvalue weighted by atomic mass is 16.3. The normalized spacial score (nSPS) is 15.0. The van der Waals surface area contributed by atoms with Crippen molar-refractivity contribution in [3.05, 3.63) is 12.2 Å². The van der Waals surface area contributed by atoms with Gasteiger partial charge in [-0.05, 0) is 19.9 Å². The molecule has 0 bridgehead atoms. The van der Waals surface area contributed by atoms with Crippen LogP contribution < -0.4 is 5.32 Å². The van der Waals surface area contributed by atoms with Gasteiger partial charge in [0.2, 0.25) is 0 Å². The largest absolute Gasteiger partial charge is 0.388 e. The fourth-order valence-corrected chi connectivity index (χ4v) is 1.62. The first kappa shape index (κ1) is 13.1. The number of rotatable bonds is 7. The molecule has 1 atom stereocenters. The van der Waals surface area contributed by atoms with E-state index < -0.39 is 5.60 Å². The monoisotopic (exact) mass is 226 g/mol. The first-order valence-electron chi connectivity index (χ1n) is 5.89. The topological polar surface area (TPSA) is 63.0 Å². The average Bonchev–Trinajstić information content (AvgIpc) is 2.63. The number of hydrogen-bond donors (Lipinski definition) is 2. The number of likely N-dealkylation sites (N-methyl/N-ethyl adjacent to an activating group) is 1. The zero-order valence-electron chi connectivity index (χ0n) is 10.4. The van der Waals surface area contributed by atoms with Gasteiger partial charge in [0.1, 0.15) is 12.2 Å². The van der Waals surface area contributed by atoms with Gasteiger partial charge < -0.3 is 10.4 Å². The molecule has 2 N–H and O–H groups in total. The summed E-state index contributed by atoms with van der Waals surface area (Å²) in [5, 5.41) is 17.5. The Labute approximate surface area is 96.9 Å². The van der Waals surface area contributed by atoms with Gasteiger partial charge in [-0.2, -0.15) is 5.10 Å². The molecule has 1 unspecified atom stereocenters. The van der Waals surface area contributed by atoms with E-state index in [1.54, 1.807) is 6.33 Å². The van der Waals surface area contributed by atoms with Gasteiger partial charge in [0.05, 0.1) is 5.60 Å². The molecule has 5 nitrogen and oxygen atoms in total. The molecule has 1 aromatic heterocycles. The Morgan fingerprint density at radius 2 is 2.25 bits per heavy atom. The smallest absolute Gasteiger partial charge is 0.138 e. The summed E-state index contributed by atoms with van der Waals surface area (Å²) in [6.07, 6.45) is 3.10. The van der Waals surface area contributed by atoms with E-state index in [2.05, 4.69) is 22.3 Å². The van der Waals surface area contributed by atoms with Crippen molar-refractivity contribution in [1.82, 2.24) is 20.1 Å². The van der Waals surface area contributed by atoms with Crippen LogP contribution in [0, 0.1) is 0 Å². The van der Waals surface area contributed by atoms with Gasteiger partial charge in [-0.1, -0.05) is 13.8 Å². The number of hydrogen-bond acceptors (Lipinski definition) is 4. The van der Waals surface area contributed by atoms with Crippen molar-refractivity contribution < 1.29 is 5.11 Å². The molecule has 0 aromatic carbocycles. The predicted octanol–water partition coefficient (Wildman–Crippen LogP) is 0.591. The first-order chi connectivity index (χ1) is 7.59. The van der Waals surface area contributed by atoms with Gasteiger partial charge >= 0.3 is 0 Å². The summed E-state index contributed by atoms with van der Waals surface area (Å²) in [6.45, 7) is 8.23. The van der Waals surface area contributed by atoms with Gasteiger partial charge in [0, 0.05) is 19.5 Å². The number of aromatic nitrogens is 3. The molecular weight excluding hydrogens is 204 g/mol. The quantitative estimate of drug-likeness (QED) is 0.714. The molecule has 0 fully saturated rings. The van der Waals surface area contributed by atoms with Crippen LogP contribution in [0.5, 0.6) is 0 Å². The minimum Gasteiger partial charge on any atom is -0.388 e. The van der Waals surface area contributed by atoms with Crippen molar-refractivity contribution in [2.75, 3.05) is 13.1 Å². The van der Waals surface area contributed by atoms with Crippen molar-refractivity contribution in [1.29, 1.82) is 0 Å². The van der Waals surface area contributed by atoms with Crippen molar-refractivity contribution in [3.8, 4) is 0 Å². The van der Waals surface area contributed by atoms with Crippen molar-refractivity contribution in [2.24, 2.45) is 0 Å². The molecule has 1 aromatic rings. The van der Waals surface area contributed by atoms with E-state index in [1.807, 2.05) is 18.5 Å². The van der Waals surface area contributed by atoms with Crippen molar-refractivity contribution >= 4 is 0 Å². The summed E-state index contributed by atoms with van der Waals surface area (Å²) >= 11 is 0. The number of nitrogens with zero attached hydrogens (tertiary/aromatic N) is 3. The van der Waals surface area contributed by atoms with Crippen LogP contribution in [0.15, 0.2) is 6.33 Å². The Morgan fingerprint density at radius 1 is 1.50 bits per heavy atom. The third-order valence-electron chi connectivity index (χ3n) is 2.43. The Bertz CT molecular complexity index is 309. The third-order valence-corrected chi connectivity index (χ3v) is 2.43. The molecule has 0 aliphatic rings. The lowest BCUT2D eigenvalue weighted by Crippen LogP contribution is -2.40. The Balaban J connectivity index is 2.60. The van der Waals surface area contributed by atoms with Gasteiger partial charge in [-0.3, -0.25) is 4.68 Å². The Kier molecular flexibility index (Phi) is 4.89. The molecule has 0 amide bonds. The minimum absolute atomic E-state index is 0.528. The van der Waals surface area contributed by atoms with Crippen LogP contribution in [-0.2, 0) is 13.0 Å². The van der Waals surface area contributed by atoms with Crippen molar-refractivity contribution in [2.45, 2.75) is 45.8 Å². The molecule has 0 saturated carbocycles. The van der Waals surface area contributed by atoms with Gasteiger partial charge in [-0.25, -0.2) is 4.98 Å². The molecule has 0 radical (unpaired) electrons. The zero-order chi connectivity index (χ0) is 12.0. The van der Waals surface area contributed by atoms with Crippen LogP contribution in [0.3, 0.4) is 0 Å². The highest BCUT2D eigenvalue weighted by molar-refractivity contribution is 4.93.